The van der Waals surface area contributed by atoms with Gasteiger partial charge in [-0.05, 0) is 49.9 Å². The number of nitrogens with one attached hydrogen (secondary N) is 2. The van der Waals surface area contributed by atoms with Gasteiger partial charge in [0, 0.05) is 24.2 Å². The monoisotopic (exact) mass is 377 g/mol. The van der Waals surface area contributed by atoms with E-state index in [4.69, 9.17) is 11.6 Å². The fourth-order valence-electron chi connectivity index (χ4n) is 3.01. The van der Waals surface area contributed by atoms with Crippen molar-refractivity contribution in [1.29, 1.82) is 0 Å². The molecule has 140 valence electrons. The molecule has 1 aromatic carbocycles. The highest BCUT2D eigenvalue weighted by Gasteiger charge is 2.34. The second kappa shape index (κ2) is 8.76. The van der Waals surface area contributed by atoms with Crippen LogP contribution < -0.4 is 10.6 Å². The number of hydrogen-bond acceptors (Lipinski definition) is 2. The molecule has 0 unspecified atom stereocenters. The first-order valence-electron chi connectivity index (χ1n) is 8.29. The van der Waals surface area contributed by atoms with E-state index in [2.05, 4.69) is 10.6 Å². The summed E-state index contributed by atoms with van der Waals surface area (Å²) in [6.45, 7) is 2.18. The van der Waals surface area contributed by atoms with Gasteiger partial charge in [-0.25, -0.2) is 4.79 Å². The number of hydrogen-bond donors (Lipinski definition) is 2. The van der Waals surface area contributed by atoms with E-state index in [9.17, 15) is 18.0 Å². The third-order valence-corrected chi connectivity index (χ3v) is 4.41. The Kier molecular flexibility index (Phi) is 6.95. The van der Waals surface area contributed by atoms with Crippen LogP contribution in [-0.2, 0) is 6.42 Å². The lowest BCUT2D eigenvalue weighted by atomic mass is 10.1. The predicted octanol–water partition coefficient (Wildman–Crippen LogP) is 3.45. The molecule has 0 bridgehead atoms. The third-order valence-electron chi connectivity index (χ3n) is 4.16. The molecule has 0 radical (unpaired) electrons. The van der Waals surface area contributed by atoms with Crippen LogP contribution in [0.2, 0.25) is 5.02 Å². The molecular formula is C17H23ClF3N3O. The third kappa shape index (κ3) is 7.52. The summed E-state index contributed by atoms with van der Waals surface area (Å²) >= 11 is 5.84. The zero-order valence-electron chi connectivity index (χ0n) is 14.1. The Morgan fingerprint density at radius 1 is 1.36 bits per heavy atom. The van der Waals surface area contributed by atoms with Crippen molar-refractivity contribution in [3.05, 3.63) is 34.9 Å². The van der Waals surface area contributed by atoms with Gasteiger partial charge in [-0.15, -0.1) is 0 Å². The Morgan fingerprint density at radius 2 is 2.04 bits per heavy atom. The summed E-state index contributed by atoms with van der Waals surface area (Å²) in [5.41, 5.74) is 1.07. The molecule has 0 aliphatic carbocycles. The SMILES string of the molecule is C[C@@H](Cc1ccc(Cl)cc1)NC(=O)NC[C@@H]1CCN(CC(F)(F)F)C1. The zero-order chi connectivity index (χ0) is 18.4. The molecule has 4 nitrogen and oxygen atoms in total. The van der Waals surface area contributed by atoms with Crippen LogP contribution in [-0.4, -0.2) is 49.3 Å². The highest BCUT2D eigenvalue weighted by Crippen LogP contribution is 2.22. The Labute approximate surface area is 150 Å². The van der Waals surface area contributed by atoms with Crippen molar-refractivity contribution in [1.82, 2.24) is 15.5 Å². The molecule has 1 saturated heterocycles. The summed E-state index contributed by atoms with van der Waals surface area (Å²) in [4.78, 5) is 13.3. The molecule has 0 saturated carbocycles. The highest BCUT2D eigenvalue weighted by molar-refractivity contribution is 6.30. The van der Waals surface area contributed by atoms with Gasteiger partial charge in [0.2, 0.25) is 0 Å². The number of carbonyl (C=O) groups excluding carboxylic acids is 1. The zero-order valence-corrected chi connectivity index (χ0v) is 14.8. The van der Waals surface area contributed by atoms with Gasteiger partial charge < -0.3 is 10.6 Å². The van der Waals surface area contributed by atoms with Crippen LogP contribution in [0, 0.1) is 5.92 Å². The lowest BCUT2D eigenvalue weighted by Crippen LogP contribution is -2.43. The smallest absolute Gasteiger partial charge is 0.338 e. The first-order chi connectivity index (χ1) is 11.7. The molecule has 1 aromatic rings. The second-order valence-electron chi connectivity index (χ2n) is 6.59. The summed E-state index contributed by atoms with van der Waals surface area (Å²) < 4.78 is 37.1. The van der Waals surface area contributed by atoms with Crippen molar-refractivity contribution in [2.45, 2.75) is 32.0 Å². The average molecular weight is 378 g/mol. The van der Waals surface area contributed by atoms with E-state index in [1.807, 2.05) is 19.1 Å². The topological polar surface area (TPSA) is 44.4 Å². The van der Waals surface area contributed by atoms with Gasteiger partial charge >= 0.3 is 12.2 Å². The molecule has 1 aliphatic heterocycles. The van der Waals surface area contributed by atoms with Crippen LogP contribution in [0.25, 0.3) is 0 Å². The van der Waals surface area contributed by atoms with E-state index in [1.165, 1.54) is 4.90 Å². The van der Waals surface area contributed by atoms with Crippen molar-refractivity contribution in [2.24, 2.45) is 5.92 Å². The van der Waals surface area contributed by atoms with Gasteiger partial charge in [-0.3, -0.25) is 4.90 Å². The number of nitrogens with zero attached hydrogens (tertiary/aromatic N) is 1. The molecule has 2 N–H and O–H groups in total. The largest absolute Gasteiger partial charge is 0.401 e. The fourth-order valence-corrected chi connectivity index (χ4v) is 3.14. The Balaban J connectivity index is 1.66. The van der Waals surface area contributed by atoms with Crippen molar-refractivity contribution < 1.29 is 18.0 Å². The van der Waals surface area contributed by atoms with Crippen LogP contribution in [0.4, 0.5) is 18.0 Å². The van der Waals surface area contributed by atoms with Gasteiger partial charge in [0.15, 0.2) is 0 Å². The average Bonchev–Trinajstić information content (AvgIpc) is 2.93. The van der Waals surface area contributed by atoms with Crippen molar-refractivity contribution in [3.8, 4) is 0 Å². The minimum atomic E-state index is -4.17. The maximum Gasteiger partial charge on any atom is 0.401 e. The molecule has 2 rings (SSSR count). The molecule has 2 amide bonds. The standard InChI is InChI=1S/C17H23ClF3N3O/c1-12(8-13-2-4-15(18)5-3-13)23-16(25)22-9-14-6-7-24(10-14)11-17(19,20)21/h2-5,12,14H,6-11H2,1H3,(H2,22,23,25)/t12-,14-/m0/s1. The summed E-state index contributed by atoms with van der Waals surface area (Å²) in [5.74, 6) is 0.0553. The minimum absolute atomic E-state index is 0.0553. The normalized spacial score (nSPS) is 19.6. The van der Waals surface area contributed by atoms with Gasteiger partial charge in [0.1, 0.15) is 0 Å². The number of rotatable bonds is 6. The number of amides is 2. The van der Waals surface area contributed by atoms with Gasteiger partial charge in [0.05, 0.1) is 6.54 Å². The van der Waals surface area contributed by atoms with E-state index in [0.717, 1.165) is 5.56 Å². The number of likely N-dealkylation sites (tertiary alicyclic amines) is 1. The summed E-state index contributed by atoms with van der Waals surface area (Å²) in [5, 5.41) is 6.26. The summed E-state index contributed by atoms with van der Waals surface area (Å²) in [6.07, 6.45) is -2.83. The number of carbonyl (C=O) groups is 1. The van der Waals surface area contributed by atoms with E-state index < -0.39 is 12.7 Å². The molecule has 1 fully saturated rings. The van der Waals surface area contributed by atoms with Crippen molar-refractivity contribution in [3.63, 3.8) is 0 Å². The van der Waals surface area contributed by atoms with Crippen molar-refractivity contribution in [2.75, 3.05) is 26.2 Å². The number of benzene rings is 1. The van der Waals surface area contributed by atoms with Gasteiger partial charge in [0.25, 0.3) is 0 Å². The highest BCUT2D eigenvalue weighted by atomic mass is 35.5. The van der Waals surface area contributed by atoms with Crippen LogP contribution in [0.1, 0.15) is 18.9 Å². The van der Waals surface area contributed by atoms with E-state index in [1.54, 1.807) is 12.1 Å². The maximum atomic E-state index is 12.4. The minimum Gasteiger partial charge on any atom is -0.338 e. The lowest BCUT2D eigenvalue weighted by Gasteiger charge is -2.19. The van der Waals surface area contributed by atoms with Crippen LogP contribution in [0.5, 0.6) is 0 Å². The van der Waals surface area contributed by atoms with Crippen molar-refractivity contribution >= 4 is 17.6 Å². The second-order valence-corrected chi connectivity index (χ2v) is 7.03. The van der Waals surface area contributed by atoms with Crippen LogP contribution >= 0.6 is 11.6 Å². The van der Waals surface area contributed by atoms with Gasteiger partial charge in [-0.1, -0.05) is 23.7 Å². The first kappa shape index (κ1) is 19.8. The molecule has 1 aliphatic rings. The predicted molar refractivity (Wildman–Crippen MR) is 91.8 cm³/mol. The number of halogens is 4. The number of alkyl halides is 3. The molecule has 1 heterocycles. The maximum absolute atomic E-state index is 12.4. The lowest BCUT2D eigenvalue weighted by molar-refractivity contribution is -0.143. The first-order valence-corrected chi connectivity index (χ1v) is 8.67. The molecular weight excluding hydrogens is 355 g/mol. The summed E-state index contributed by atoms with van der Waals surface area (Å²) in [7, 11) is 0. The van der Waals surface area contributed by atoms with Gasteiger partial charge in [-0.2, -0.15) is 13.2 Å². The quantitative estimate of drug-likeness (QED) is 0.797. The van der Waals surface area contributed by atoms with Crippen LogP contribution in [0.3, 0.4) is 0 Å². The summed E-state index contributed by atoms with van der Waals surface area (Å²) in [6, 6.07) is 7.06. The fraction of sp³-hybridized carbons (Fsp3) is 0.588. The van der Waals surface area contributed by atoms with E-state index in [0.29, 0.717) is 37.5 Å². The Morgan fingerprint density at radius 3 is 2.68 bits per heavy atom. The molecule has 0 spiro atoms. The molecule has 0 aromatic heterocycles. The van der Waals surface area contributed by atoms with E-state index >= 15 is 0 Å². The molecule has 8 heteroatoms. The molecule has 25 heavy (non-hydrogen) atoms. The Hall–Kier alpha value is -1.47. The molecule has 2 atom stereocenters. The van der Waals surface area contributed by atoms with E-state index in [-0.39, 0.29) is 18.0 Å². The Bertz CT molecular complexity index is 565. The number of urea groups is 1. The van der Waals surface area contributed by atoms with Crippen LogP contribution in [0.15, 0.2) is 24.3 Å².